The van der Waals surface area contributed by atoms with Crippen molar-refractivity contribution in [2.45, 2.75) is 50.5 Å². The Bertz CT molecular complexity index is 978. The molecule has 1 aliphatic heterocycles. The molecule has 0 spiro atoms. The van der Waals surface area contributed by atoms with Crippen LogP contribution in [0.25, 0.3) is 0 Å². The summed E-state index contributed by atoms with van der Waals surface area (Å²) in [6.07, 6.45) is 6.15. The van der Waals surface area contributed by atoms with Gasteiger partial charge in [0.2, 0.25) is 0 Å². The molecule has 142 valence electrons. The average molecular weight is 368 g/mol. The number of rotatable bonds is 3. The second kappa shape index (κ2) is 7.06. The number of carbonyl (C=O) groups is 1. The third kappa shape index (κ3) is 3.29. The molecule has 2 aromatic rings. The Morgan fingerprint density at radius 3 is 2.81 bits per heavy atom. The lowest BCUT2D eigenvalue weighted by Crippen LogP contribution is -2.40. The van der Waals surface area contributed by atoms with E-state index in [1.807, 2.05) is 4.98 Å². The second-order valence-corrected chi connectivity index (χ2v) is 7.52. The van der Waals surface area contributed by atoms with Gasteiger partial charge in [-0.15, -0.1) is 0 Å². The number of nitrogens with two attached hydrogens (primary N) is 1. The lowest BCUT2D eigenvalue weighted by atomic mass is 9.79. The maximum atomic E-state index is 13.0. The first-order valence-corrected chi connectivity index (χ1v) is 9.55. The van der Waals surface area contributed by atoms with Crippen molar-refractivity contribution in [3.05, 3.63) is 61.9 Å². The maximum Gasteiger partial charge on any atom is 0.326 e. The minimum absolute atomic E-state index is 0.0934. The van der Waals surface area contributed by atoms with Gasteiger partial charge in [0.1, 0.15) is 11.4 Å². The highest BCUT2D eigenvalue weighted by Crippen LogP contribution is 2.37. The van der Waals surface area contributed by atoms with E-state index in [0.29, 0.717) is 12.5 Å². The number of H-pyrrole nitrogens is 2. The zero-order valence-electron chi connectivity index (χ0n) is 15.2. The standard InChI is InChI=1S/C20H24N4O3/c21-16-17(22-20(27)23-18(16)25)19(26)24-10-4-8-14(24)11-13-7-3-6-12-5-1-2-9-15(12)13/h1-2,5,9,13-14H,3-4,6-8,10-11,21H2,(H2,22,23,25,27). The van der Waals surface area contributed by atoms with Gasteiger partial charge in [-0.05, 0) is 55.6 Å². The highest BCUT2D eigenvalue weighted by atomic mass is 16.2. The Kier molecular flexibility index (Phi) is 4.59. The van der Waals surface area contributed by atoms with E-state index in [4.69, 9.17) is 5.73 Å². The summed E-state index contributed by atoms with van der Waals surface area (Å²) in [7, 11) is 0. The summed E-state index contributed by atoms with van der Waals surface area (Å²) in [5.74, 6) is 0.0752. The number of fused-ring (bicyclic) bond motifs is 1. The maximum absolute atomic E-state index is 13.0. The fraction of sp³-hybridized carbons (Fsp3) is 0.450. The highest BCUT2D eigenvalue weighted by molar-refractivity contribution is 5.97. The number of likely N-dealkylation sites (tertiary alicyclic amines) is 1. The molecule has 1 aromatic heterocycles. The van der Waals surface area contributed by atoms with Crippen LogP contribution in [0, 0.1) is 0 Å². The number of nitrogen functional groups attached to an aromatic ring is 1. The predicted molar refractivity (Wildman–Crippen MR) is 103 cm³/mol. The molecule has 1 fully saturated rings. The van der Waals surface area contributed by atoms with E-state index in [9.17, 15) is 14.4 Å². The molecule has 0 bridgehead atoms. The number of aromatic nitrogens is 2. The van der Waals surface area contributed by atoms with Crippen LogP contribution in [0.5, 0.6) is 0 Å². The smallest absolute Gasteiger partial charge is 0.326 e. The van der Waals surface area contributed by atoms with Crippen molar-refractivity contribution < 1.29 is 4.79 Å². The number of amides is 1. The van der Waals surface area contributed by atoms with Crippen LogP contribution in [0.1, 0.15) is 59.6 Å². The van der Waals surface area contributed by atoms with Gasteiger partial charge in [-0.25, -0.2) is 4.79 Å². The number of aryl methyl sites for hydroxylation is 1. The van der Waals surface area contributed by atoms with Crippen LogP contribution in [0.3, 0.4) is 0 Å². The van der Waals surface area contributed by atoms with Gasteiger partial charge in [0.25, 0.3) is 11.5 Å². The summed E-state index contributed by atoms with van der Waals surface area (Å²) in [6.45, 7) is 0.617. The molecule has 4 rings (SSSR count). The number of benzene rings is 1. The van der Waals surface area contributed by atoms with E-state index < -0.39 is 11.2 Å². The minimum Gasteiger partial charge on any atom is -0.392 e. The zero-order valence-corrected chi connectivity index (χ0v) is 15.2. The first-order chi connectivity index (χ1) is 13.0. The molecular formula is C20H24N4O3. The van der Waals surface area contributed by atoms with Gasteiger partial charge in [-0.1, -0.05) is 24.3 Å². The minimum atomic E-state index is -0.723. The Morgan fingerprint density at radius 2 is 1.96 bits per heavy atom. The molecule has 4 N–H and O–H groups in total. The first kappa shape index (κ1) is 17.6. The van der Waals surface area contributed by atoms with Gasteiger partial charge < -0.3 is 15.6 Å². The zero-order chi connectivity index (χ0) is 19.0. The summed E-state index contributed by atoms with van der Waals surface area (Å²) >= 11 is 0. The summed E-state index contributed by atoms with van der Waals surface area (Å²) in [4.78, 5) is 42.5. The van der Waals surface area contributed by atoms with E-state index >= 15 is 0 Å². The first-order valence-electron chi connectivity index (χ1n) is 9.55. The van der Waals surface area contributed by atoms with E-state index in [2.05, 4.69) is 29.2 Å². The monoisotopic (exact) mass is 368 g/mol. The molecular weight excluding hydrogens is 344 g/mol. The number of hydrogen-bond donors (Lipinski definition) is 3. The largest absolute Gasteiger partial charge is 0.392 e. The second-order valence-electron chi connectivity index (χ2n) is 7.52. The molecule has 7 heteroatoms. The van der Waals surface area contributed by atoms with Crippen molar-refractivity contribution in [3.8, 4) is 0 Å². The van der Waals surface area contributed by atoms with Crippen LogP contribution in [-0.4, -0.2) is 33.4 Å². The van der Waals surface area contributed by atoms with Crippen molar-refractivity contribution in [2.75, 3.05) is 12.3 Å². The summed E-state index contributed by atoms with van der Waals surface area (Å²) in [5, 5.41) is 0. The average Bonchev–Trinajstić information content (AvgIpc) is 3.12. The molecule has 1 saturated heterocycles. The van der Waals surface area contributed by atoms with Crippen molar-refractivity contribution in [1.82, 2.24) is 14.9 Å². The van der Waals surface area contributed by atoms with Gasteiger partial charge in [-0.3, -0.25) is 14.6 Å². The van der Waals surface area contributed by atoms with Crippen molar-refractivity contribution in [1.29, 1.82) is 0 Å². The number of anilines is 1. The Labute approximate surface area is 156 Å². The number of carbonyl (C=O) groups excluding carboxylic acids is 1. The Balaban J connectivity index is 1.58. The van der Waals surface area contributed by atoms with Gasteiger partial charge in [-0.2, -0.15) is 0 Å². The van der Waals surface area contributed by atoms with E-state index in [1.165, 1.54) is 11.1 Å². The van der Waals surface area contributed by atoms with Crippen molar-refractivity contribution in [2.24, 2.45) is 0 Å². The van der Waals surface area contributed by atoms with Crippen LogP contribution in [0.2, 0.25) is 0 Å². The molecule has 1 aromatic carbocycles. The quantitative estimate of drug-likeness (QED) is 0.766. The van der Waals surface area contributed by atoms with E-state index in [0.717, 1.165) is 38.5 Å². The Hall–Kier alpha value is -2.83. The molecule has 27 heavy (non-hydrogen) atoms. The normalized spacial score (nSPS) is 21.9. The number of aromatic amines is 2. The number of nitrogens with zero attached hydrogens (tertiary/aromatic N) is 1. The van der Waals surface area contributed by atoms with Crippen LogP contribution < -0.4 is 17.0 Å². The highest BCUT2D eigenvalue weighted by Gasteiger charge is 2.34. The van der Waals surface area contributed by atoms with E-state index in [-0.39, 0.29) is 23.3 Å². The summed E-state index contributed by atoms with van der Waals surface area (Å²) in [6, 6.07) is 8.65. The van der Waals surface area contributed by atoms with Gasteiger partial charge >= 0.3 is 5.69 Å². The summed E-state index contributed by atoms with van der Waals surface area (Å²) < 4.78 is 0. The van der Waals surface area contributed by atoms with Crippen LogP contribution in [0.15, 0.2) is 33.9 Å². The van der Waals surface area contributed by atoms with Crippen molar-refractivity contribution in [3.63, 3.8) is 0 Å². The molecule has 7 nitrogen and oxygen atoms in total. The lowest BCUT2D eigenvalue weighted by Gasteiger charge is -2.31. The van der Waals surface area contributed by atoms with Crippen LogP contribution >= 0.6 is 0 Å². The molecule has 1 aliphatic carbocycles. The molecule has 2 unspecified atom stereocenters. The predicted octanol–water partition coefficient (Wildman–Crippen LogP) is 1.76. The molecule has 0 saturated carbocycles. The molecule has 2 heterocycles. The Morgan fingerprint density at radius 1 is 1.15 bits per heavy atom. The topological polar surface area (TPSA) is 112 Å². The fourth-order valence-corrected chi connectivity index (χ4v) is 4.58. The molecule has 2 atom stereocenters. The van der Waals surface area contributed by atoms with Gasteiger partial charge in [0.15, 0.2) is 0 Å². The number of hydrogen-bond acceptors (Lipinski definition) is 4. The number of nitrogens with one attached hydrogen (secondary N) is 2. The van der Waals surface area contributed by atoms with Gasteiger partial charge in [0.05, 0.1) is 0 Å². The summed E-state index contributed by atoms with van der Waals surface area (Å²) in [5.41, 5.74) is 6.79. The molecule has 1 amide bonds. The molecule has 0 radical (unpaired) electrons. The molecule has 2 aliphatic rings. The van der Waals surface area contributed by atoms with Crippen LogP contribution in [0.4, 0.5) is 5.69 Å². The third-order valence-electron chi connectivity index (χ3n) is 5.88. The van der Waals surface area contributed by atoms with Crippen LogP contribution in [-0.2, 0) is 6.42 Å². The third-order valence-corrected chi connectivity index (χ3v) is 5.88. The SMILES string of the molecule is Nc1c(C(=O)N2CCCC2CC2CCCc3ccccc32)[nH]c(=O)[nH]c1=O. The lowest BCUT2D eigenvalue weighted by molar-refractivity contribution is 0.0718. The van der Waals surface area contributed by atoms with Gasteiger partial charge in [0, 0.05) is 12.6 Å². The van der Waals surface area contributed by atoms with Crippen molar-refractivity contribution >= 4 is 11.6 Å². The fourth-order valence-electron chi connectivity index (χ4n) is 4.58. The van der Waals surface area contributed by atoms with E-state index in [1.54, 1.807) is 4.90 Å².